The first kappa shape index (κ1) is 13.4. The molecule has 0 radical (unpaired) electrons. The van der Waals surface area contributed by atoms with E-state index in [2.05, 4.69) is 5.16 Å². The van der Waals surface area contributed by atoms with E-state index in [4.69, 9.17) is 21.2 Å². The number of hydrogen-bond donors (Lipinski definition) is 1. The van der Waals surface area contributed by atoms with Crippen molar-refractivity contribution in [3.63, 3.8) is 0 Å². The van der Waals surface area contributed by atoms with Gasteiger partial charge < -0.3 is 9.63 Å². The minimum atomic E-state index is -0.955. The van der Waals surface area contributed by atoms with Crippen LogP contribution in [-0.4, -0.2) is 16.2 Å². The van der Waals surface area contributed by atoms with E-state index in [1.54, 1.807) is 30.3 Å². The second-order valence-corrected chi connectivity index (χ2v) is 4.90. The van der Waals surface area contributed by atoms with Crippen molar-refractivity contribution in [2.24, 2.45) is 0 Å². The first-order valence-electron chi connectivity index (χ1n) is 6.20. The molecule has 0 aliphatic heterocycles. The predicted molar refractivity (Wildman–Crippen MR) is 79.3 cm³/mol. The molecule has 0 bridgehead atoms. The van der Waals surface area contributed by atoms with Gasteiger partial charge in [0.25, 0.3) is 0 Å². The number of aromatic nitrogens is 1. The van der Waals surface area contributed by atoms with Crippen LogP contribution in [0, 0.1) is 0 Å². The molecule has 3 rings (SSSR count). The number of halogens is 1. The normalized spacial score (nSPS) is 10.5. The lowest BCUT2D eigenvalue weighted by Gasteiger charge is -1.96. The van der Waals surface area contributed by atoms with E-state index >= 15 is 0 Å². The van der Waals surface area contributed by atoms with Crippen molar-refractivity contribution in [2.75, 3.05) is 0 Å². The number of carbonyl (C=O) groups is 1. The second-order valence-electron chi connectivity index (χ2n) is 4.47. The van der Waals surface area contributed by atoms with Gasteiger partial charge in [-0.1, -0.05) is 28.9 Å². The third-order valence-corrected chi connectivity index (χ3v) is 3.32. The molecule has 1 heterocycles. The maximum Gasteiger partial charge on any atom is 0.335 e. The van der Waals surface area contributed by atoms with Gasteiger partial charge in [-0.25, -0.2) is 4.79 Å². The first-order valence-corrected chi connectivity index (χ1v) is 6.58. The molecule has 1 aromatic heterocycles. The molecule has 0 fully saturated rings. The van der Waals surface area contributed by atoms with Crippen LogP contribution in [0.1, 0.15) is 10.4 Å². The van der Waals surface area contributed by atoms with Crippen LogP contribution < -0.4 is 0 Å². The smallest absolute Gasteiger partial charge is 0.335 e. The van der Waals surface area contributed by atoms with E-state index in [1.807, 2.05) is 12.1 Å². The summed E-state index contributed by atoms with van der Waals surface area (Å²) in [4.78, 5) is 10.8. The fourth-order valence-electron chi connectivity index (χ4n) is 1.95. The predicted octanol–water partition coefficient (Wildman–Crippen LogP) is 4.36. The number of hydrogen-bond acceptors (Lipinski definition) is 3. The van der Waals surface area contributed by atoms with Crippen LogP contribution in [-0.2, 0) is 0 Å². The molecule has 0 aliphatic carbocycles. The largest absolute Gasteiger partial charge is 0.478 e. The third kappa shape index (κ3) is 2.80. The van der Waals surface area contributed by atoms with Gasteiger partial charge in [-0.2, -0.15) is 0 Å². The van der Waals surface area contributed by atoms with E-state index in [-0.39, 0.29) is 5.56 Å². The molecule has 0 atom stereocenters. The molecule has 1 N–H and O–H groups in total. The fraction of sp³-hybridized carbons (Fsp3) is 0. The molecular formula is C16H10ClNO3. The first-order chi connectivity index (χ1) is 10.1. The summed E-state index contributed by atoms with van der Waals surface area (Å²) in [6.07, 6.45) is 0. The zero-order valence-electron chi connectivity index (χ0n) is 10.8. The lowest BCUT2D eigenvalue weighted by molar-refractivity contribution is 0.0697. The summed E-state index contributed by atoms with van der Waals surface area (Å²) in [5.74, 6) is -0.326. The van der Waals surface area contributed by atoms with Crippen molar-refractivity contribution in [3.05, 3.63) is 65.2 Å². The fourth-order valence-corrected chi connectivity index (χ4v) is 2.07. The highest BCUT2D eigenvalue weighted by atomic mass is 35.5. The monoisotopic (exact) mass is 299 g/mol. The maximum atomic E-state index is 10.8. The van der Waals surface area contributed by atoms with Crippen molar-refractivity contribution in [2.45, 2.75) is 0 Å². The topological polar surface area (TPSA) is 63.3 Å². The summed E-state index contributed by atoms with van der Waals surface area (Å²) >= 11 is 5.85. The molecule has 21 heavy (non-hydrogen) atoms. The average molecular weight is 300 g/mol. The number of rotatable bonds is 3. The zero-order chi connectivity index (χ0) is 14.8. The molecule has 0 spiro atoms. The number of nitrogens with zero attached hydrogens (tertiary/aromatic N) is 1. The third-order valence-electron chi connectivity index (χ3n) is 3.07. The molecule has 0 unspecified atom stereocenters. The van der Waals surface area contributed by atoms with Crippen LogP contribution in [0.5, 0.6) is 0 Å². The molecular weight excluding hydrogens is 290 g/mol. The van der Waals surface area contributed by atoms with Crippen LogP contribution in [0.15, 0.2) is 59.1 Å². The summed E-state index contributed by atoms with van der Waals surface area (Å²) in [6.45, 7) is 0. The Morgan fingerprint density at radius 1 is 1.00 bits per heavy atom. The van der Waals surface area contributed by atoms with Gasteiger partial charge in [0.2, 0.25) is 0 Å². The highest BCUT2D eigenvalue weighted by molar-refractivity contribution is 6.30. The summed E-state index contributed by atoms with van der Waals surface area (Å²) < 4.78 is 5.31. The minimum absolute atomic E-state index is 0.236. The minimum Gasteiger partial charge on any atom is -0.478 e. The van der Waals surface area contributed by atoms with Crippen molar-refractivity contribution in [1.82, 2.24) is 5.16 Å². The number of carboxylic acids is 1. The van der Waals surface area contributed by atoms with Crippen LogP contribution in [0.2, 0.25) is 5.02 Å². The summed E-state index contributed by atoms with van der Waals surface area (Å²) in [7, 11) is 0. The van der Waals surface area contributed by atoms with Gasteiger partial charge in [0.1, 0.15) is 5.69 Å². The van der Waals surface area contributed by atoms with E-state index in [0.29, 0.717) is 16.5 Å². The average Bonchev–Trinajstić information content (AvgIpc) is 2.98. The Hall–Kier alpha value is -2.59. The SMILES string of the molecule is O=C(O)c1ccc(-c2cc(-c3ccc(Cl)cc3)on2)cc1. The molecule has 0 saturated heterocycles. The second kappa shape index (κ2) is 5.42. The Morgan fingerprint density at radius 2 is 1.62 bits per heavy atom. The quantitative estimate of drug-likeness (QED) is 0.780. The number of benzene rings is 2. The van der Waals surface area contributed by atoms with Gasteiger partial charge >= 0.3 is 5.97 Å². The highest BCUT2D eigenvalue weighted by Gasteiger charge is 2.09. The van der Waals surface area contributed by atoms with Crippen molar-refractivity contribution < 1.29 is 14.4 Å². The zero-order valence-corrected chi connectivity index (χ0v) is 11.5. The van der Waals surface area contributed by atoms with E-state index in [0.717, 1.165) is 11.1 Å². The van der Waals surface area contributed by atoms with Gasteiger partial charge in [0, 0.05) is 22.2 Å². The standard InChI is InChI=1S/C16H10ClNO3/c17-13-7-5-11(6-8-13)15-9-14(18-21-15)10-1-3-12(4-2-10)16(19)20/h1-9H,(H,19,20). The van der Waals surface area contributed by atoms with E-state index < -0.39 is 5.97 Å². The van der Waals surface area contributed by atoms with E-state index in [1.165, 1.54) is 12.1 Å². The Labute approximate surface area is 125 Å². The highest BCUT2D eigenvalue weighted by Crippen LogP contribution is 2.27. The van der Waals surface area contributed by atoms with Crippen LogP contribution >= 0.6 is 11.6 Å². The summed E-state index contributed by atoms with van der Waals surface area (Å²) in [6, 6.07) is 15.5. The van der Waals surface area contributed by atoms with Gasteiger partial charge in [0.15, 0.2) is 5.76 Å². The Balaban J connectivity index is 1.90. The Bertz CT molecular complexity index is 776. The van der Waals surface area contributed by atoms with Gasteiger partial charge in [-0.15, -0.1) is 0 Å². The molecule has 104 valence electrons. The van der Waals surface area contributed by atoms with Crippen molar-refractivity contribution in [3.8, 4) is 22.6 Å². The van der Waals surface area contributed by atoms with Gasteiger partial charge in [-0.05, 0) is 36.4 Å². The summed E-state index contributed by atoms with van der Waals surface area (Å²) in [5, 5.41) is 13.5. The Kier molecular flexibility index (Phi) is 3.46. The van der Waals surface area contributed by atoms with Crippen LogP contribution in [0.3, 0.4) is 0 Å². The van der Waals surface area contributed by atoms with E-state index in [9.17, 15) is 4.79 Å². The maximum absolute atomic E-state index is 10.8. The molecule has 3 aromatic rings. The van der Waals surface area contributed by atoms with Gasteiger partial charge in [0.05, 0.1) is 5.56 Å². The van der Waals surface area contributed by atoms with Gasteiger partial charge in [-0.3, -0.25) is 0 Å². The molecule has 5 heteroatoms. The number of aromatic carboxylic acids is 1. The van der Waals surface area contributed by atoms with Crippen molar-refractivity contribution in [1.29, 1.82) is 0 Å². The van der Waals surface area contributed by atoms with Crippen LogP contribution in [0.25, 0.3) is 22.6 Å². The molecule has 4 nitrogen and oxygen atoms in total. The van der Waals surface area contributed by atoms with Crippen molar-refractivity contribution >= 4 is 17.6 Å². The Morgan fingerprint density at radius 3 is 2.24 bits per heavy atom. The van der Waals surface area contributed by atoms with Crippen LogP contribution in [0.4, 0.5) is 0 Å². The molecule has 0 amide bonds. The number of carboxylic acid groups (broad SMARTS) is 1. The molecule has 0 saturated carbocycles. The molecule has 0 aliphatic rings. The summed E-state index contributed by atoms with van der Waals surface area (Å²) in [5.41, 5.74) is 2.56. The lowest BCUT2D eigenvalue weighted by Crippen LogP contribution is -1.94. The lowest BCUT2D eigenvalue weighted by atomic mass is 10.1. The molecule has 2 aromatic carbocycles.